The summed E-state index contributed by atoms with van der Waals surface area (Å²) in [6.07, 6.45) is 1.26. The third-order valence-electron chi connectivity index (χ3n) is 3.37. The lowest BCUT2D eigenvalue weighted by atomic mass is 9.88. The van der Waals surface area contributed by atoms with Crippen LogP contribution in [0, 0.1) is 0 Å². The maximum absolute atomic E-state index is 12.3. The van der Waals surface area contributed by atoms with Gasteiger partial charge in [-0.05, 0) is 51.3 Å². The molecule has 23 heavy (non-hydrogen) atoms. The molecule has 0 unspecified atom stereocenters. The fourth-order valence-corrected chi connectivity index (χ4v) is 2.60. The molecule has 1 aromatic carbocycles. The Bertz CT molecular complexity index is 659. The average Bonchev–Trinajstić information content (AvgIpc) is 2.39. The lowest BCUT2D eigenvalue weighted by Gasteiger charge is -2.24. The van der Waals surface area contributed by atoms with Crippen molar-refractivity contribution < 1.29 is 19.1 Å². The number of carbonyl (C=O) groups excluding carboxylic acids is 3. The smallest absolute Gasteiger partial charge is 0.412 e. The molecule has 0 aromatic heterocycles. The number of nitrogens with one attached hydrogen (secondary N) is 2. The van der Waals surface area contributed by atoms with E-state index in [1.54, 1.807) is 32.9 Å². The highest BCUT2D eigenvalue weighted by atomic mass is 16.6. The van der Waals surface area contributed by atoms with Crippen LogP contribution in [0.1, 0.15) is 56.5 Å². The van der Waals surface area contributed by atoms with Gasteiger partial charge in [0.2, 0.25) is 5.91 Å². The van der Waals surface area contributed by atoms with Crippen LogP contribution < -0.4 is 10.6 Å². The quantitative estimate of drug-likeness (QED) is 0.874. The van der Waals surface area contributed by atoms with E-state index >= 15 is 0 Å². The van der Waals surface area contributed by atoms with Gasteiger partial charge in [-0.15, -0.1) is 0 Å². The summed E-state index contributed by atoms with van der Waals surface area (Å²) in [5.74, 6) is -0.263. The Hall–Kier alpha value is -2.37. The molecule has 0 radical (unpaired) electrons. The first-order valence-corrected chi connectivity index (χ1v) is 7.64. The van der Waals surface area contributed by atoms with Gasteiger partial charge in [0.15, 0.2) is 5.78 Å². The Morgan fingerprint density at radius 3 is 2.35 bits per heavy atom. The second kappa shape index (κ2) is 6.40. The van der Waals surface area contributed by atoms with Crippen LogP contribution in [0.3, 0.4) is 0 Å². The lowest BCUT2D eigenvalue weighted by Crippen LogP contribution is -2.28. The van der Waals surface area contributed by atoms with Crippen molar-refractivity contribution >= 4 is 29.2 Å². The number of Topliss-reactive ketones (excluding diaryl/α,β-unsaturated/α-hetero) is 1. The van der Waals surface area contributed by atoms with E-state index in [0.29, 0.717) is 29.8 Å². The summed E-state index contributed by atoms with van der Waals surface area (Å²) in [5, 5.41) is 5.38. The van der Waals surface area contributed by atoms with Gasteiger partial charge in [0.05, 0.1) is 5.69 Å². The molecule has 6 nitrogen and oxygen atoms in total. The summed E-state index contributed by atoms with van der Waals surface area (Å²) in [4.78, 5) is 35.5. The highest BCUT2D eigenvalue weighted by molar-refractivity contribution is 6.08. The third-order valence-corrected chi connectivity index (χ3v) is 3.37. The number of anilines is 2. The molecule has 0 saturated carbocycles. The Labute approximate surface area is 135 Å². The zero-order chi connectivity index (χ0) is 17.2. The predicted octanol–water partition coefficient (Wildman–Crippen LogP) is 3.51. The van der Waals surface area contributed by atoms with E-state index in [1.165, 1.54) is 6.92 Å². The summed E-state index contributed by atoms with van der Waals surface area (Å²) >= 11 is 0. The van der Waals surface area contributed by atoms with Crippen LogP contribution in [0.4, 0.5) is 16.2 Å². The first kappa shape index (κ1) is 17.0. The van der Waals surface area contributed by atoms with E-state index < -0.39 is 11.7 Å². The SMILES string of the molecule is CC(=O)Nc1ccc(NC(=O)OC(C)(C)C)c2c1C(=O)CCC2. The van der Waals surface area contributed by atoms with E-state index in [0.717, 1.165) is 12.0 Å². The Morgan fingerprint density at radius 2 is 1.74 bits per heavy atom. The monoisotopic (exact) mass is 318 g/mol. The molecule has 124 valence electrons. The molecule has 6 heteroatoms. The zero-order valence-corrected chi connectivity index (χ0v) is 13.9. The first-order valence-electron chi connectivity index (χ1n) is 7.64. The summed E-state index contributed by atoms with van der Waals surface area (Å²) in [6.45, 7) is 6.74. The van der Waals surface area contributed by atoms with Crippen LogP contribution in [0.15, 0.2) is 12.1 Å². The standard InChI is InChI=1S/C17H22N2O4/c1-10(20)18-13-9-8-12(19-16(22)23-17(2,3)4)11-6-5-7-14(21)15(11)13/h8-9H,5-7H2,1-4H3,(H,18,20)(H,19,22). The largest absolute Gasteiger partial charge is 0.444 e. The van der Waals surface area contributed by atoms with Crippen LogP contribution in [0.25, 0.3) is 0 Å². The highest BCUT2D eigenvalue weighted by Crippen LogP contribution is 2.33. The van der Waals surface area contributed by atoms with Gasteiger partial charge in [-0.25, -0.2) is 4.79 Å². The van der Waals surface area contributed by atoms with E-state index in [2.05, 4.69) is 10.6 Å². The molecule has 0 bridgehead atoms. The fourth-order valence-electron chi connectivity index (χ4n) is 2.60. The van der Waals surface area contributed by atoms with E-state index in [1.807, 2.05) is 0 Å². The number of ketones is 1. The van der Waals surface area contributed by atoms with Gasteiger partial charge < -0.3 is 10.1 Å². The number of ether oxygens (including phenoxy) is 1. The molecule has 1 aromatic rings. The third kappa shape index (κ3) is 4.31. The number of hydrogen-bond acceptors (Lipinski definition) is 4. The van der Waals surface area contributed by atoms with Crippen molar-refractivity contribution in [1.82, 2.24) is 0 Å². The maximum atomic E-state index is 12.3. The normalized spacial score (nSPS) is 14.0. The van der Waals surface area contributed by atoms with Crippen molar-refractivity contribution in [2.45, 2.75) is 52.6 Å². The number of carbonyl (C=O) groups is 3. The van der Waals surface area contributed by atoms with Gasteiger partial charge in [-0.2, -0.15) is 0 Å². The highest BCUT2D eigenvalue weighted by Gasteiger charge is 2.25. The molecule has 0 atom stereocenters. The van der Waals surface area contributed by atoms with Crippen LogP contribution in [0.2, 0.25) is 0 Å². The van der Waals surface area contributed by atoms with E-state index in [-0.39, 0.29) is 11.7 Å². The molecule has 0 heterocycles. The zero-order valence-electron chi connectivity index (χ0n) is 13.9. The van der Waals surface area contributed by atoms with E-state index in [4.69, 9.17) is 4.74 Å². The van der Waals surface area contributed by atoms with Gasteiger partial charge in [-0.3, -0.25) is 14.9 Å². The van der Waals surface area contributed by atoms with Gasteiger partial charge in [0.1, 0.15) is 5.60 Å². The van der Waals surface area contributed by atoms with Crippen LogP contribution in [-0.2, 0) is 16.0 Å². The lowest BCUT2D eigenvalue weighted by molar-refractivity contribution is -0.114. The summed E-state index contributed by atoms with van der Waals surface area (Å²) in [5.41, 5.74) is 1.68. The van der Waals surface area contributed by atoms with Gasteiger partial charge >= 0.3 is 6.09 Å². The van der Waals surface area contributed by atoms with Gasteiger partial charge in [-0.1, -0.05) is 0 Å². The summed E-state index contributed by atoms with van der Waals surface area (Å²) in [6, 6.07) is 3.32. The first-order chi connectivity index (χ1) is 10.7. The minimum atomic E-state index is -0.601. The maximum Gasteiger partial charge on any atom is 0.412 e. The van der Waals surface area contributed by atoms with Crippen molar-refractivity contribution in [2.24, 2.45) is 0 Å². The molecule has 0 aliphatic heterocycles. The molecule has 0 spiro atoms. The number of hydrogen-bond donors (Lipinski definition) is 2. The molecule has 2 amide bonds. The van der Waals surface area contributed by atoms with Crippen LogP contribution in [0.5, 0.6) is 0 Å². The van der Waals surface area contributed by atoms with Crippen molar-refractivity contribution in [2.75, 3.05) is 10.6 Å². The number of fused-ring (bicyclic) bond motifs is 1. The Morgan fingerprint density at radius 1 is 1.09 bits per heavy atom. The van der Waals surface area contributed by atoms with Crippen molar-refractivity contribution in [3.05, 3.63) is 23.3 Å². The Balaban J connectivity index is 2.35. The molecule has 1 aliphatic carbocycles. The molecular weight excluding hydrogens is 296 g/mol. The van der Waals surface area contributed by atoms with Crippen LogP contribution >= 0.6 is 0 Å². The minimum Gasteiger partial charge on any atom is -0.444 e. The molecule has 2 N–H and O–H groups in total. The van der Waals surface area contributed by atoms with E-state index in [9.17, 15) is 14.4 Å². The van der Waals surface area contributed by atoms with Crippen molar-refractivity contribution in [1.29, 1.82) is 0 Å². The Kier molecular flexibility index (Phi) is 4.73. The topological polar surface area (TPSA) is 84.5 Å². The minimum absolute atomic E-state index is 0.0251. The van der Waals surface area contributed by atoms with Gasteiger partial charge in [0.25, 0.3) is 0 Å². The second-order valence-corrected chi connectivity index (χ2v) is 6.60. The van der Waals surface area contributed by atoms with Crippen LogP contribution in [-0.4, -0.2) is 23.4 Å². The molecular formula is C17H22N2O4. The van der Waals surface area contributed by atoms with Gasteiger partial charge in [0, 0.05) is 24.6 Å². The predicted molar refractivity (Wildman–Crippen MR) is 87.9 cm³/mol. The number of rotatable bonds is 2. The average molecular weight is 318 g/mol. The molecule has 2 rings (SSSR count). The van der Waals surface area contributed by atoms with Crippen molar-refractivity contribution in [3.63, 3.8) is 0 Å². The van der Waals surface area contributed by atoms with Crippen molar-refractivity contribution in [3.8, 4) is 0 Å². The molecule has 1 aliphatic rings. The number of benzene rings is 1. The number of amides is 2. The molecule has 0 fully saturated rings. The summed E-state index contributed by atoms with van der Waals surface area (Å²) in [7, 11) is 0. The molecule has 0 saturated heterocycles. The second-order valence-electron chi connectivity index (χ2n) is 6.60. The fraction of sp³-hybridized carbons (Fsp3) is 0.471. The summed E-state index contributed by atoms with van der Waals surface area (Å²) < 4.78 is 5.25.